The molecule has 1 heterocycles. The number of halogens is 1. The minimum atomic E-state index is -0.939. The molecule has 0 amide bonds. The number of benzene rings is 1. The van der Waals surface area contributed by atoms with Crippen molar-refractivity contribution in [2.75, 3.05) is 0 Å². The van der Waals surface area contributed by atoms with E-state index in [4.69, 9.17) is 0 Å². The summed E-state index contributed by atoms with van der Waals surface area (Å²) in [5, 5.41) is 14.7. The Kier molecular flexibility index (Phi) is 3.35. The van der Waals surface area contributed by atoms with Gasteiger partial charge in [-0.25, -0.2) is 0 Å². The van der Waals surface area contributed by atoms with Crippen molar-refractivity contribution in [3.63, 3.8) is 0 Å². The maximum Gasteiger partial charge on any atom is 0.109 e. The predicted molar refractivity (Wildman–Crippen MR) is 70.6 cm³/mol. The van der Waals surface area contributed by atoms with Crippen LogP contribution in [0.15, 0.2) is 41.0 Å². The van der Waals surface area contributed by atoms with E-state index in [1.807, 2.05) is 44.3 Å². The van der Waals surface area contributed by atoms with Crippen LogP contribution < -0.4 is 0 Å². The predicted octanol–water partition coefficient (Wildman–Crippen LogP) is 2.63. The van der Waals surface area contributed by atoms with Gasteiger partial charge >= 0.3 is 0 Å². The number of nitrogens with zero attached hydrogens (tertiary/aromatic N) is 2. The normalized spacial score (nSPS) is 14.6. The fourth-order valence-electron chi connectivity index (χ4n) is 2.09. The lowest BCUT2D eigenvalue weighted by molar-refractivity contribution is 0.0482. The molecule has 0 saturated carbocycles. The van der Waals surface area contributed by atoms with Crippen molar-refractivity contribution in [2.24, 2.45) is 7.05 Å². The lowest BCUT2D eigenvalue weighted by Crippen LogP contribution is -2.27. The molecule has 0 spiro atoms. The molecule has 2 aromatic rings. The van der Waals surface area contributed by atoms with Gasteiger partial charge in [0.1, 0.15) is 5.60 Å². The second kappa shape index (κ2) is 4.63. The zero-order valence-electron chi connectivity index (χ0n) is 9.89. The summed E-state index contributed by atoms with van der Waals surface area (Å²) in [4.78, 5) is 0. The largest absolute Gasteiger partial charge is 0.383 e. The summed E-state index contributed by atoms with van der Waals surface area (Å²) < 4.78 is 2.54. The molecular formula is C13H15BrN2O. The molecule has 3 nitrogen and oxygen atoms in total. The van der Waals surface area contributed by atoms with Crippen LogP contribution in [0.1, 0.15) is 18.2 Å². The zero-order valence-corrected chi connectivity index (χ0v) is 11.5. The molecule has 1 aromatic carbocycles. The summed E-state index contributed by atoms with van der Waals surface area (Å²) in [5.41, 5.74) is 0.956. The van der Waals surface area contributed by atoms with Crippen molar-refractivity contribution in [1.82, 2.24) is 9.78 Å². The van der Waals surface area contributed by atoms with Crippen molar-refractivity contribution in [1.29, 1.82) is 0 Å². The molecule has 2 rings (SSSR count). The summed E-state index contributed by atoms with van der Waals surface area (Å²) in [7, 11) is 1.83. The lowest BCUT2D eigenvalue weighted by Gasteiger charge is -2.24. The van der Waals surface area contributed by atoms with E-state index in [9.17, 15) is 5.11 Å². The summed E-state index contributed by atoms with van der Waals surface area (Å²) in [6.07, 6.45) is 2.26. The van der Waals surface area contributed by atoms with Crippen LogP contribution in [-0.4, -0.2) is 14.9 Å². The summed E-state index contributed by atoms with van der Waals surface area (Å²) in [6, 6.07) is 9.95. The molecule has 0 aliphatic heterocycles. The van der Waals surface area contributed by atoms with Gasteiger partial charge in [0, 0.05) is 13.5 Å². The number of aromatic nitrogens is 2. The van der Waals surface area contributed by atoms with Gasteiger partial charge in [0.2, 0.25) is 0 Å². The molecule has 17 heavy (non-hydrogen) atoms. The van der Waals surface area contributed by atoms with Gasteiger partial charge < -0.3 is 5.11 Å². The maximum atomic E-state index is 10.6. The van der Waals surface area contributed by atoms with Crippen LogP contribution in [0.5, 0.6) is 0 Å². The van der Waals surface area contributed by atoms with Crippen molar-refractivity contribution in [3.05, 3.63) is 52.3 Å². The molecular weight excluding hydrogens is 280 g/mol. The van der Waals surface area contributed by atoms with E-state index in [1.165, 1.54) is 0 Å². The fourth-order valence-corrected chi connectivity index (χ4v) is 2.87. The van der Waals surface area contributed by atoms with Crippen LogP contribution in [0.25, 0.3) is 0 Å². The molecule has 0 aliphatic carbocycles. The number of rotatable bonds is 3. The number of hydrogen-bond acceptors (Lipinski definition) is 2. The van der Waals surface area contributed by atoms with Crippen LogP contribution in [0, 0.1) is 0 Å². The third kappa shape index (κ3) is 2.58. The highest BCUT2D eigenvalue weighted by molar-refractivity contribution is 9.10. The first kappa shape index (κ1) is 12.3. The van der Waals surface area contributed by atoms with Gasteiger partial charge in [0.05, 0.1) is 16.4 Å². The molecule has 0 radical (unpaired) electrons. The second-order valence-electron chi connectivity index (χ2n) is 4.40. The first-order chi connectivity index (χ1) is 8.00. The molecule has 1 atom stereocenters. The molecule has 0 fully saturated rings. The van der Waals surface area contributed by atoms with Gasteiger partial charge in [-0.05, 0) is 28.4 Å². The highest BCUT2D eigenvalue weighted by atomic mass is 79.9. The van der Waals surface area contributed by atoms with Crippen LogP contribution in [0.3, 0.4) is 0 Å². The first-order valence-electron chi connectivity index (χ1n) is 5.45. The Morgan fingerprint density at radius 3 is 2.53 bits per heavy atom. The van der Waals surface area contributed by atoms with E-state index >= 15 is 0 Å². The quantitative estimate of drug-likeness (QED) is 0.945. The third-order valence-corrected chi connectivity index (χ3v) is 3.38. The van der Waals surface area contributed by atoms with Crippen LogP contribution >= 0.6 is 15.9 Å². The maximum absolute atomic E-state index is 10.6. The Hall–Kier alpha value is -1.13. The van der Waals surface area contributed by atoms with Gasteiger partial charge in [-0.2, -0.15) is 5.10 Å². The number of hydrogen-bond donors (Lipinski definition) is 1. The summed E-state index contributed by atoms with van der Waals surface area (Å²) in [5.74, 6) is 0. The van der Waals surface area contributed by atoms with E-state index in [0.29, 0.717) is 6.42 Å². The molecule has 4 heteroatoms. The van der Waals surface area contributed by atoms with Gasteiger partial charge in [-0.1, -0.05) is 30.3 Å². The van der Waals surface area contributed by atoms with Crippen molar-refractivity contribution < 1.29 is 5.11 Å². The molecule has 90 valence electrons. The van der Waals surface area contributed by atoms with E-state index in [2.05, 4.69) is 21.0 Å². The average Bonchev–Trinajstić information content (AvgIpc) is 2.59. The molecule has 1 unspecified atom stereocenters. The lowest BCUT2D eigenvalue weighted by atomic mass is 9.93. The minimum absolute atomic E-state index is 0.561. The van der Waals surface area contributed by atoms with E-state index < -0.39 is 5.60 Å². The molecule has 1 aromatic heterocycles. The van der Waals surface area contributed by atoms with Gasteiger partial charge in [-0.3, -0.25) is 4.68 Å². The molecule has 0 aliphatic rings. The van der Waals surface area contributed by atoms with E-state index in [1.54, 1.807) is 10.9 Å². The van der Waals surface area contributed by atoms with E-state index in [-0.39, 0.29) is 0 Å². The second-order valence-corrected chi connectivity index (χ2v) is 5.26. The Labute approximate surface area is 109 Å². The molecule has 0 saturated heterocycles. The summed E-state index contributed by atoms with van der Waals surface area (Å²) >= 11 is 3.42. The SMILES string of the molecule is Cn1ncc(Br)c1C(C)(O)Cc1ccccc1. The number of aliphatic hydroxyl groups is 1. The number of aryl methyl sites for hydroxylation is 1. The first-order valence-corrected chi connectivity index (χ1v) is 6.24. The van der Waals surface area contributed by atoms with Crippen LogP contribution in [0.4, 0.5) is 0 Å². The highest BCUT2D eigenvalue weighted by Crippen LogP contribution is 2.30. The topological polar surface area (TPSA) is 38.0 Å². The smallest absolute Gasteiger partial charge is 0.109 e. The monoisotopic (exact) mass is 294 g/mol. The minimum Gasteiger partial charge on any atom is -0.383 e. The van der Waals surface area contributed by atoms with Gasteiger partial charge in [0.15, 0.2) is 0 Å². The van der Waals surface area contributed by atoms with Crippen LogP contribution in [0.2, 0.25) is 0 Å². The Bertz CT molecular complexity index is 486. The standard InChI is InChI=1S/C13H15BrN2O/c1-13(17,8-10-6-4-3-5-7-10)12-11(14)9-15-16(12)2/h3-7,9,17H,8H2,1-2H3. The third-order valence-electron chi connectivity index (χ3n) is 2.80. The van der Waals surface area contributed by atoms with E-state index in [0.717, 1.165) is 15.7 Å². The fraction of sp³-hybridized carbons (Fsp3) is 0.308. The van der Waals surface area contributed by atoms with Crippen molar-refractivity contribution >= 4 is 15.9 Å². The van der Waals surface area contributed by atoms with Crippen LogP contribution in [-0.2, 0) is 19.1 Å². The summed E-state index contributed by atoms with van der Waals surface area (Å²) in [6.45, 7) is 1.81. The molecule has 0 bridgehead atoms. The average molecular weight is 295 g/mol. The van der Waals surface area contributed by atoms with Gasteiger partial charge in [0.25, 0.3) is 0 Å². The zero-order chi connectivity index (χ0) is 12.5. The Morgan fingerprint density at radius 2 is 2.00 bits per heavy atom. The van der Waals surface area contributed by atoms with Crippen molar-refractivity contribution in [3.8, 4) is 0 Å². The highest BCUT2D eigenvalue weighted by Gasteiger charge is 2.29. The Morgan fingerprint density at radius 1 is 1.35 bits per heavy atom. The van der Waals surface area contributed by atoms with Crippen molar-refractivity contribution in [2.45, 2.75) is 18.9 Å². The van der Waals surface area contributed by atoms with Gasteiger partial charge in [-0.15, -0.1) is 0 Å². The molecule has 1 N–H and O–H groups in total. The Balaban J connectivity index is 2.31.